The first-order valence-electron chi connectivity index (χ1n) is 6.91. The predicted molar refractivity (Wildman–Crippen MR) is 82.2 cm³/mol. The molecule has 2 rings (SSSR count). The van der Waals surface area contributed by atoms with Gasteiger partial charge in [0.25, 0.3) is 0 Å². The minimum absolute atomic E-state index is 0.00857. The van der Waals surface area contributed by atoms with E-state index in [0.717, 1.165) is 31.6 Å². The van der Waals surface area contributed by atoms with Crippen LogP contribution in [-0.2, 0) is 4.74 Å². The minimum Gasteiger partial charge on any atom is -0.409 e. The van der Waals surface area contributed by atoms with Crippen LogP contribution in [0.1, 0.15) is 18.4 Å². The Morgan fingerprint density at radius 2 is 2.14 bits per heavy atom. The fraction of sp³-hybridized carbons (Fsp3) is 0.500. The van der Waals surface area contributed by atoms with Crippen molar-refractivity contribution in [3.8, 4) is 0 Å². The van der Waals surface area contributed by atoms with Gasteiger partial charge in [-0.15, -0.1) is 0 Å². The van der Waals surface area contributed by atoms with Crippen molar-refractivity contribution >= 4 is 23.1 Å². The first-order chi connectivity index (χ1) is 10.2. The summed E-state index contributed by atoms with van der Waals surface area (Å²) in [6, 6.07) is 5.48. The minimum atomic E-state index is 0.00857. The van der Waals surface area contributed by atoms with E-state index in [2.05, 4.69) is 10.1 Å². The maximum absolute atomic E-state index is 8.92. The quantitative estimate of drug-likeness (QED) is 0.331. The number of oxime groups is 1. The summed E-state index contributed by atoms with van der Waals surface area (Å²) in [6.07, 6.45) is 1.89. The molecule has 6 nitrogen and oxygen atoms in total. The molecule has 0 bridgehead atoms. The number of aliphatic hydroxyl groups is 1. The lowest BCUT2D eigenvalue weighted by molar-refractivity contribution is 0.0159. The molecule has 0 amide bonds. The highest BCUT2D eigenvalue weighted by Crippen LogP contribution is 2.30. The lowest BCUT2D eigenvalue weighted by Crippen LogP contribution is -2.38. The molecule has 7 heteroatoms. The number of hydrogen-bond acceptors (Lipinski definition) is 5. The van der Waals surface area contributed by atoms with Gasteiger partial charge < -0.3 is 25.7 Å². The van der Waals surface area contributed by atoms with Crippen LogP contribution in [0.4, 0.5) is 5.69 Å². The normalized spacial score (nSPS) is 17.2. The van der Waals surface area contributed by atoms with Crippen LogP contribution in [0.15, 0.2) is 23.4 Å². The Morgan fingerprint density at radius 3 is 2.76 bits per heavy atom. The maximum Gasteiger partial charge on any atom is 0.173 e. The van der Waals surface area contributed by atoms with E-state index in [-0.39, 0.29) is 18.5 Å². The van der Waals surface area contributed by atoms with Gasteiger partial charge in [0.2, 0.25) is 0 Å². The number of nitrogens with two attached hydrogens (primary N) is 1. The molecule has 1 aliphatic rings. The summed E-state index contributed by atoms with van der Waals surface area (Å²) in [5.41, 5.74) is 7.14. The van der Waals surface area contributed by atoms with Crippen molar-refractivity contribution in [2.75, 3.05) is 31.2 Å². The van der Waals surface area contributed by atoms with Crippen molar-refractivity contribution in [1.29, 1.82) is 0 Å². The molecule has 0 saturated carbocycles. The molecule has 1 saturated heterocycles. The Hall–Kier alpha value is -1.50. The van der Waals surface area contributed by atoms with Crippen LogP contribution in [-0.4, -0.2) is 48.6 Å². The van der Waals surface area contributed by atoms with Crippen LogP contribution in [0.2, 0.25) is 5.02 Å². The molecule has 0 aliphatic carbocycles. The van der Waals surface area contributed by atoms with Crippen molar-refractivity contribution < 1.29 is 15.1 Å². The zero-order valence-corrected chi connectivity index (χ0v) is 12.5. The largest absolute Gasteiger partial charge is 0.409 e. The molecule has 1 aromatic carbocycles. The fourth-order valence-electron chi connectivity index (χ4n) is 2.56. The van der Waals surface area contributed by atoms with Crippen LogP contribution >= 0.6 is 11.6 Å². The second-order valence-corrected chi connectivity index (χ2v) is 5.31. The number of rotatable bonds is 5. The Kier molecular flexibility index (Phi) is 5.67. The third-order valence-electron chi connectivity index (χ3n) is 3.58. The standard InChI is InChI=1S/C14H20ClN3O3/c15-11-2-1-3-12(13(11)14(16)17-20)18-6-4-10(5-7-18)21-9-8-19/h1-3,10,19-20H,4-9H2,(H2,16,17). The van der Waals surface area contributed by atoms with E-state index >= 15 is 0 Å². The number of hydrogen-bond donors (Lipinski definition) is 3. The van der Waals surface area contributed by atoms with E-state index in [4.69, 9.17) is 32.4 Å². The zero-order chi connectivity index (χ0) is 15.2. The third-order valence-corrected chi connectivity index (χ3v) is 3.90. The molecule has 21 heavy (non-hydrogen) atoms. The molecule has 4 N–H and O–H groups in total. The molecule has 0 unspecified atom stereocenters. The van der Waals surface area contributed by atoms with Crippen LogP contribution in [0.5, 0.6) is 0 Å². The molecule has 0 radical (unpaired) electrons. The van der Waals surface area contributed by atoms with Gasteiger partial charge in [-0.3, -0.25) is 0 Å². The van der Waals surface area contributed by atoms with Gasteiger partial charge >= 0.3 is 0 Å². The van der Waals surface area contributed by atoms with Gasteiger partial charge in [0.15, 0.2) is 5.84 Å². The summed E-state index contributed by atoms with van der Waals surface area (Å²) in [5.74, 6) is 0.00857. The number of amidine groups is 1. The smallest absolute Gasteiger partial charge is 0.173 e. The number of halogens is 1. The summed E-state index contributed by atoms with van der Waals surface area (Å²) in [5, 5.41) is 21.2. The van der Waals surface area contributed by atoms with E-state index in [1.54, 1.807) is 6.07 Å². The van der Waals surface area contributed by atoms with Gasteiger partial charge in [0.1, 0.15) is 0 Å². The second kappa shape index (κ2) is 7.49. The highest BCUT2D eigenvalue weighted by atomic mass is 35.5. The molecule has 1 fully saturated rings. The van der Waals surface area contributed by atoms with Crippen LogP contribution in [0.3, 0.4) is 0 Å². The number of benzene rings is 1. The lowest BCUT2D eigenvalue weighted by atomic mass is 10.0. The van der Waals surface area contributed by atoms with Gasteiger partial charge in [-0.05, 0) is 25.0 Å². The van der Waals surface area contributed by atoms with E-state index in [1.165, 1.54) is 0 Å². The van der Waals surface area contributed by atoms with Crippen LogP contribution in [0.25, 0.3) is 0 Å². The first-order valence-corrected chi connectivity index (χ1v) is 7.29. The van der Waals surface area contributed by atoms with Crippen LogP contribution in [0, 0.1) is 0 Å². The predicted octanol–water partition coefficient (Wildman–Crippen LogP) is 1.41. The Bertz CT molecular complexity index is 502. The highest BCUT2D eigenvalue weighted by molar-refractivity contribution is 6.34. The topological polar surface area (TPSA) is 91.3 Å². The molecule has 1 aliphatic heterocycles. The van der Waals surface area contributed by atoms with Crippen molar-refractivity contribution in [1.82, 2.24) is 0 Å². The summed E-state index contributed by atoms with van der Waals surface area (Å²) in [7, 11) is 0. The fourth-order valence-corrected chi connectivity index (χ4v) is 2.83. The molecule has 116 valence electrons. The Morgan fingerprint density at radius 1 is 1.43 bits per heavy atom. The molecule has 0 spiro atoms. The number of ether oxygens (including phenoxy) is 1. The average molecular weight is 314 g/mol. The van der Waals surface area contributed by atoms with Crippen LogP contribution < -0.4 is 10.6 Å². The molecular weight excluding hydrogens is 294 g/mol. The third kappa shape index (κ3) is 3.78. The summed E-state index contributed by atoms with van der Waals surface area (Å²) >= 11 is 6.17. The Labute approximate surface area is 128 Å². The van der Waals surface area contributed by atoms with Crippen molar-refractivity contribution in [2.24, 2.45) is 10.9 Å². The van der Waals surface area contributed by atoms with E-state index < -0.39 is 0 Å². The Balaban J connectivity index is 2.12. The number of aliphatic hydroxyl groups excluding tert-OH is 1. The molecule has 1 heterocycles. The van der Waals surface area contributed by atoms with E-state index in [9.17, 15) is 0 Å². The summed E-state index contributed by atoms with van der Waals surface area (Å²) < 4.78 is 5.55. The van der Waals surface area contributed by atoms with Crippen molar-refractivity contribution in [3.05, 3.63) is 28.8 Å². The van der Waals surface area contributed by atoms with Gasteiger partial charge in [-0.2, -0.15) is 0 Å². The van der Waals surface area contributed by atoms with Gasteiger partial charge in [0, 0.05) is 18.8 Å². The molecular formula is C14H20ClN3O3. The average Bonchev–Trinajstić information content (AvgIpc) is 2.52. The molecule has 0 aromatic heterocycles. The first kappa shape index (κ1) is 15.9. The second-order valence-electron chi connectivity index (χ2n) is 4.90. The SMILES string of the molecule is N/C(=N/O)c1c(Cl)cccc1N1CCC(OCCO)CC1. The number of anilines is 1. The summed E-state index contributed by atoms with van der Waals surface area (Å²) in [6.45, 7) is 2.00. The van der Waals surface area contributed by atoms with Crippen molar-refractivity contribution in [2.45, 2.75) is 18.9 Å². The monoisotopic (exact) mass is 313 g/mol. The molecule has 0 atom stereocenters. The number of nitrogens with zero attached hydrogens (tertiary/aromatic N) is 2. The van der Waals surface area contributed by atoms with Gasteiger partial charge in [-0.25, -0.2) is 0 Å². The summed E-state index contributed by atoms with van der Waals surface area (Å²) in [4.78, 5) is 2.15. The van der Waals surface area contributed by atoms with Gasteiger partial charge in [-0.1, -0.05) is 22.8 Å². The highest BCUT2D eigenvalue weighted by Gasteiger charge is 2.23. The van der Waals surface area contributed by atoms with E-state index in [0.29, 0.717) is 17.2 Å². The maximum atomic E-state index is 8.92. The van der Waals surface area contributed by atoms with Gasteiger partial charge in [0.05, 0.1) is 29.9 Å². The zero-order valence-electron chi connectivity index (χ0n) is 11.7. The number of piperidine rings is 1. The lowest BCUT2D eigenvalue weighted by Gasteiger charge is -2.34. The molecule has 1 aromatic rings. The van der Waals surface area contributed by atoms with Crippen molar-refractivity contribution in [3.63, 3.8) is 0 Å². The van der Waals surface area contributed by atoms with E-state index in [1.807, 2.05) is 12.1 Å².